The largest absolute Gasteiger partial charge is 0.320 e. The van der Waals surface area contributed by atoms with Gasteiger partial charge in [0.1, 0.15) is 0 Å². The van der Waals surface area contributed by atoms with Crippen molar-refractivity contribution in [3.8, 4) is 0 Å². The molecule has 2 nitrogen and oxygen atoms in total. The lowest BCUT2D eigenvalue weighted by atomic mass is 10.2. The lowest BCUT2D eigenvalue weighted by molar-refractivity contribution is 0.485. The van der Waals surface area contributed by atoms with Gasteiger partial charge in [0.15, 0.2) is 9.12 Å². The third-order valence-corrected chi connectivity index (χ3v) is 6.11. The normalized spacial score (nSPS) is 14.8. The van der Waals surface area contributed by atoms with Crippen molar-refractivity contribution in [1.82, 2.24) is 9.13 Å². The van der Waals surface area contributed by atoms with Crippen LogP contribution in [0.2, 0.25) is 6.04 Å². The summed E-state index contributed by atoms with van der Waals surface area (Å²) in [4.78, 5) is 0. The van der Waals surface area contributed by atoms with Crippen LogP contribution in [0.4, 0.5) is 0 Å². The smallest absolute Gasteiger partial charge is 0.189 e. The van der Waals surface area contributed by atoms with E-state index in [0.717, 1.165) is 5.92 Å². The molecule has 0 fully saturated rings. The third-order valence-electron chi connectivity index (χ3n) is 2.50. The Morgan fingerprint density at radius 1 is 1.08 bits per heavy atom. The Kier molecular flexibility index (Phi) is 5.79. The Morgan fingerprint density at radius 2 is 1.50 bits per heavy atom. The van der Waals surface area contributed by atoms with Gasteiger partial charge in [-0.3, -0.25) is 0 Å². The molecular weight excluding hydrogens is 164 g/mol. The molecule has 0 rings (SSSR count). The first kappa shape index (κ1) is 12.1. The maximum Gasteiger partial charge on any atom is 0.189 e. The predicted octanol–water partition coefficient (Wildman–Crippen LogP) is 1.38. The van der Waals surface area contributed by atoms with Gasteiger partial charge < -0.3 is 9.13 Å². The minimum absolute atomic E-state index is 0.789. The van der Waals surface area contributed by atoms with Crippen LogP contribution in [0.15, 0.2) is 0 Å². The molecule has 74 valence electrons. The maximum atomic E-state index is 2.42. The maximum absolute atomic E-state index is 2.42. The molecule has 0 aliphatic heterocycles. The Morgan fingerprint density at radius 3 is 1.75 bits per heavy atom. The molecule has 0 aliphatic rings. The molecule has 0 aromatic heterocycles. The summed E-state index contributed by atoms with van der Waals surface area (Å²) in [7, 11) is 8.04. The summed E-state index contributed by atoms with van der Waals surface area (Å²) >= 11 is 0. The van der Waals surface area contributed by atoms with Crippen molar-refractivity contribution in [3.63, 3.8) is 0 Å². The summed E-state index contributed by atoms with van der Waals surface area (Å²) in [6.07, 6.45) is 1.31. The van der Waals surface area contributed by atoms with E-state index in [1.165, 1.54) is 12.5 Å². The van der Waals surface area contributed by atoms with Gasteiger partial charge in [0.25, 0.3) is 0 Å². The molecule has 0 saturated carbocycles. The van der Waals surface area contributed by atoms with Gasteiger partial charge in [-0.15, -0.1) is 0 Å². The van der Waals surface area contributed by atoms with Crippen molar-refractivity contribution in [2.24, 2.45) is 5.92 Å². The molecule has 0 amide bonds. The molecule has 3 heteroatoms. The van der Waals surface area contributed by atoms with Crippen LogP contribution >= 0.6 is 0 Å². The van der Waals surface area contributed by atoms with Crippen LogP contribution in [-0.4, -0.2) is 46.4 Å². The van der Waals surface area contributed by atoms with E-state index in [2.05, 4.69) is 51.2 Å². The van der Waals surface area contributed by atoms with Crippen molar-refractivity contribution in [3.05, 3.63) is 0 Å². The Labute approximate surface area is 79.3 Å². The Balaban J connectivity index is 3.95. The van der Waals surface area contributed by atoms with Crippen molar-refractivity contribution in [2.45, 2.75) is 26.3 Å². The number of hydrogen-bond acceptors (Lipinski definition) is 2. The van der Waals surface area contributed by atoms with Crippen LogP contribution in [0, 0.1) is 5.92 Å². The Bertz CT molecular complexity index is 107. The van der Waals surface area contributed by atoms with Gasteiger partial charge in [-0.05, 0) is 40.2 Å². The van der Waals surface area contributed by atoms with Gasteiger partial charge in [0.2, 0.25) is 0 Å². The van der Waals surface area contributed by atoms with E-state index in [0.29, 0.717) is 0 Å². The highest BCUT2D eigenvalue weighted by atomic mass is 28.3. The quantitative estimate of drug-likeness (QED) is 0.601. The fraction of sp³-hybridized carbons (Fsp3) is 1.00. The van der Waals surface area contributed by atoms with E-state index >= 15 is 0 Å². The van der Waals surface area contributed by atoms with Crippen molar-refractivity contribution < 1.29 is 0 Å². The van der Waals surface area contributed by atoms with E-state index in [1.807, 2.05) is 0 Å². The second kappa shape index (κ2) is 5.73. The highest BCUT2D eigenvalue weighted by Gasteiger charge is 2.18. The average Bonchev–Trinajstić information content (AvgIpc) is 1.98. The lowest BCUT2D eigenvalue weighted by Gasteiger charge is -2.30. The van der Waals surface area contributed by atoms with E-state index in [9.17, 15) is 0 Å². The minimum Gasteiger partial charge on any atom is -0.320 e. The number of rotatable bonds is 5. The molecule has 1 atom stereocenters. The molecule has 0 saturated heterocycles. The first-order valence-electron chi connectivity index (χ1n) is 4.81. The van der Waals surface area contributed by atoms with Crippen LogP contribution in [0.3, 0.4) is 0 Å². The molecular formula is C9H24N2Si. The van der Waals surface area contributed by atoms with Crippen LogP contribution < -0.4 is 0 Å². The van der Waals surface area contributed by atoms with Gasteiger partial charge in [-0.2, -0.15) is 0 Å². The first-order valence-corrected chi connectivity index (χ1v) is 6.66. The van der Waals surface area contributed by atoms with Crippen molar-refractivity contribution in [2.75, 3.05) is 28.2 Å². The number of hydrogen-bond donors (Lipinski definition) is 0. The number of nitrogens with zero attached hydrogens (tertiary/aromatic N) is 2. The van der Waals surface area contributed by atoms with Gasteiger partial charge in [-0.1, -0.05) is 20.3 Å². The van der Waals surface area contributed by atoms with Gasteiger partial charge in [0, 0.05) is 0 Å². The van der Waals surface area contributed by atoms with E-state index in [-0.39, 0.29) is 0 Å². The molecule has 0 aromatic rings. The second-order valence-electron chi connectivity index (χ2n) is 4.16. The highest BCUT2D eigenvalue weighted by molar-refractivity contribution is 6.52. The van der Waals surface area contributed by atoms with Crippen LogP contribution in [0.5, 0.6) is 0 Å². The van der Waals surface area contributed by atoms with Gasteiger partial charge >= 0.3 is 0 Å². The molecule has 0 aromatic carbocycles. The molecule has 0 N–H and O–H groups in total. The SMILES string of the molecule is CCC(C)C[SiH](N(C)C)N(C)C. The first-order chi connectivity index (χ1) is 5.49. The molecule has 1 unspecified atom stereocenters. The summed E-state index contributed by atoms with van der Waals surface area (Å²) in [6.45, 7) is 4.63. The molecule has 0 spiro atoms. The van der Waals surface area contributed by atoms with E-state index in [4.69, 9.17) is 0 Å². The molecule has 0 bridgehead atoms. The molecule has 0 heterocycles. The monoisotopic (exact) mass is 188 g/mol. The predicted molar refractivity (Wildman–Crippen MR) is 58.8 cm³/mol. The van der Waals surface area contributed by atoms with Crippen LogP contribution in [-0.2, 0) is 0 Å². The third kappa shape index (κ3) is 4.23. The fourth-order valence-electron chi connectivity index (χ4n) is 1.41. The summed E-state index contributed by atoms with van der Waals surface area (Å²) in [5, 5.41) is 0. The Hall–Kier alpha value is 0.137. The van der Waals surface area contributed by atoms with Crippen molar-refractivity contribution in [1.29, 1.82) is 0 Å². The van der Waals surface area contributed by atoms with Crippen LogP contribution in [0.1, 0.15) is 20.3 Å². The second-order valence-corrected chi connectivity index (χ2v) is 7.66. The van der Waals surface area contributed by atoms with Gasteiger partial charge in [0.05, 0.1) is 0 Å². The summed E-state index contributed by atoms with van der Waals surface area (Å²) < 4.78 is 4.85. The fourth-order valence-corrected chi connectivity index (χ4v) is 4.23. The van der Waals surface area contributed by atoms with Gasteiger partial charge in [-0.25, -0.2) is 0 Å². The molecule has 0 radical (unpaired) electrons. The summed E-state index contributed by atoms with van der Waals surface area (Å²) in [6, 6.07) is 1.40. The van der Waals surface area contributed by atoms with E-state index in [1.54, 1.807) is 0 Å². The molecule has 12 heavy (non-hydrogen) atoms. The zero-order valence-electron chi connectivity index (χ0n) is 9.46. The lowest BCUT2D eigenvalue weighted by Crippen LogP contribution is -2.46. The highest BCUT2D eigenvalue weighted by Crippen LogP contribution is 2.12. The topological polar surface area (TPSA) is 6.48 Å². The standard InChI is InChI=1S/C9H24N2Si/c1-7-9(2)8-12(10(3)4)11(5)6/h9,12H,7-8H2,1-6H3. The zero-order valence-corrected chi connectivity index (χ0v) is 10.6. The minimum atomic E-state index is -0.789. The van der Waals surface area contributed by atoms with Crippen molar-refractivity contribution >= 4 is 9.12 Å². The zero-order chi connectivity index (χ0) is 9.72. The average molecular weight is 188 g/mol. The summed E-state index contributed by atoms with van der Waals surface area (Å²) in [5.74, 6) is 0.881. The summed E-state index contributed by atoms with van der Waals surface area (Å²) in [5.41, 5.74) is 0. The molecule has 0 aliphatic carbocycles. The van der Waals surface area contributed by atoms with Crippen LogP contribution in [0.25, 0.3) is 0 Å². The van der Waals surface area contributed by atoms with E-state index < -0.39 is 9.12 Å².